The predicted octanol–water partition coefficient (Wildman–Crippen LogP) is 4.53. The molecule has 0 spiro atoms. The molecule has 3 aromatic rings. The number of nitrogens with zero attached hydrogens (tertiary/aromatic N) is 3. The SMILES string of the molecule is C[C@@H](Sc1nnc(-c2ccc(Cl)cc2)o1)C(=O)N(C)Cc1ccccc1. The normalized spacial score (nSPS) is 12.0. The van der Waals surface area contributed by atoms with Gasteiger partial charge in [0.05, 0.1) is 5.25 Å². The number of carbonyl (C=O) groups is 1. The number of thioether (sulfide) groups is 1. The maximum Gasteiger partial charge on any atom is 0.277 e. The smallest absolute Gasteiger partial charge is 0.277 e. The van der Waals surface area contributed by atoms with E-state index in [1.54, 1.807) is 24.1 Å². The summed E-state index contributed by atoms with van der Waals surface area (Å²) < 4.78 is 5.66. The van der Waals surface area contributed by atoms with E-state index in [4.69, 9.17) is 16.0 Å². The second kappa shape index (κ2) is 8.38. The van der Waals surface area contributed by atoms with Crippen molar-refractivity contribution < 1.29 is 9.21 Å². The molecule has 1 aromatic heterocycles. The Bertz CT molecular complexity index is 868. The molecule has 1 amide bonds. The Morgan fingerprint density at radius 1 is 1.15 bits per heavy atom. The van der Waals surface area contributed by atoms with Crippen molar-refractivity contribution in [2.75, 3.05) is 7.05 Å². The minimum absolute atomic E-state index is 0.00472. The first-order valence-electron chi connectivity index (χ1n) is 8.08. The molecule has 0 N–H and O–H groups in total. The Kier molecular flexibility index (Phi) is 5.96. The fraction of sp³-hybridized carbons (Fsp3) is 0.211. The van der Waals surface area contributed by atoms with Crippen LogP contribution in [0.4, 0.5) is 0 Å². The molecule has 0 fully saturated rings. The molecule has 2 aromatic carbocycles. The van der Waals surface area contributed by atoms with Crippen LogP contribution in [0.15, 0.2) is 64.2 Å². The standard InChI is InChI=1S/C19H18ClN3O2S/c1-13(18(24)23(2)12-14-6-4-3-5-7-14)26-19-22-21-17(25-19)15-8-10-16(20)11-9-15/h3-11,13H,12H2,1-2H3/t13-/m1/s1. The van der Waals surface area contributed by atoms with Crippen molar-refractivity contribution in [2.45, 2.75) is 23.9 Å². The molecule has 0 aliphatic rings. The monoisotopic (exact) mass is 387 g/mol. The van der Waals surface area contributed by atoms with Crippen LogP contribution in [-0.2, 0) is 11.3 Å². The average molecular weight is 388 g/mol. The molecule has 134 valence electrons. The van der Waals surface area contributed by atoms with Gasteiger partial charge >= 0.3 is 0 Å². The van der Waals surface area contributed by atoms with Gasteiger partial charge in [-0.2, -0.15) is 0 Å². The van der Waals surface area contributed by atoms with E-state index < -0.39 is 0 Å². The molecule has 5 nitrogen and oxygen atoms in total. The number of benzene rings is 2. The number of aromatic nitrogens is 2. The Morgan fingerprint density at radius 3 is 2.54 bits per heavy atom. The van der Waals surface area contributed by atoms with Crippen LogP contribution >= 0.6 is 23.4 Å². The van der Waals surface area contributed by atoms with E-state index in [1.807, 2.05) is 49.4 Å². The number of amides is 1. The largest absolute Gasteiger partial charge is 0.411 e. The molecule has 0 saturated carbocycles. The fourth-order valence-electron chi connectivity index (χ4n) is 2.41. The fourth-order valence-corrected chi connectivity index (χ4v) is 3.34. The van der Waals surface area contributed by atoms with E-state index in [1.165, 1.54) is 11.8 Å². The molecule has 0 aliphatic heterocycles. The van der Waals surface area contributed by atoms with E-state index in [0.717, 1.165) is 11.1 Å². The molecule has 3 rings (SSSR count). The van der Waals surface area contributed by atoms with Crippen LogP contribution in [0.3, 0.4) is 0 Å². The highest BCUT2D eigenvalue weighted by atomic mass is 35.5. The number of hydrogen-bond donors (Lipinski definition) is 0. The second-order valence-corrected chi connectivity index (χ2v) is 7.55. The van der Waals surface area contributed by atoms with Crippen LogP contribution in [0.25, 0.3) is 11.5 Å². The molecular formula is C19H18ClN3O2S. The average Bonchev–Trinajstić information content (AvgIpc) is 3.11. The molecule has 0 radical (unpaired) electrons. The molecule has 7 heteroatoms. The number of carbonyl (C=O) groups excluding carboxylic acids is 1. The van der Waals surface area contributed by atoms with Crippen LogP contribution in [0.2, 0.25) is 5.02 Å². The lowest BCUT2D eigenvalue weighted by Gasteiger charge is -2.20. The lowest BCUT2D eigenvalue weighted by Crippen LogP contribution is -2.32. The zero-order chi connectivity index (χ0) is 18.5. The minimum atomic E-state index is -0.331. The maximum atomic E-state index is 12.6. The van der Waals surface area contributed by atoms with Crippen molar-refractivity contribution in [3.8, 4) is 11.5 Å². The van der Waals surface area contributed by atoms with Crippen LogP contribution in [-0.4, -0.2) is 33.3 Å². The zero-order valence-corrected chi connectivity index (χ0v) is 16.0. The topological polar surface area (TPSA) is 59.2 Å². The third kappa shape index (κ3) is 4.65. The van der Waals surface area contributed by atoms with Gasteiger partial charge in [-0.1, -0.05) is 53.7 Å². The number of rotatable bonds is 6. The van der Waals surface area contributed by atoms with Crippen LogP contribution in [0, 0.1) is 0 Å². The molecule has 0 unspecified atom stereocenters. The molecule has 0 saturated heterocycles. The van der Waals surface area contributed by atoms with Crippen molar-refractivity contribution in [3.63, 3.8) is 0 Å². The Hall–Kier alpha value is -2.31. The summed E-state index contributed by atoms with van der Waals surface area (Å²) in [5, 5.41) is 8.73. The van der Waals surface area contributed by atoms with Crippen molar-refractivity contribution in [3.05, 3.63) is 65.2 Å². The van der Waals surface area contributed by atoms with Crippen LogP contribution < -0.4 is 0 Å². The van der Waals surface area contributed by atoms with Crippen molar-refractivity contribution >= 4 is 29.3 Å². The quantitative estimate of drug-likeness (QED) is 0.581. The van der Waals surface area contributed by atoms with Gasteiger partial charge < -0.3 is 9.32 Å². The first-order chi connectivity index (χ1) is 12.5. The molecule has 1 atom stereocenters. The van der Waals surface area contributed by atoms with E-state index in [9.17, 15) is 4.79 Å². The number of halogens is 1. The van der Waals surface area contributed by atoms with Gasteiger partial charge in [-0.15, -0.1) is 10.2 Å². The third-order valence-corrected chi connectivity index (χ3v) is 4.94. The van der Waals surface area contributed by atoms with Gasteiger partial charge in [-0.05, 0) is 36.8 Å². The summed E-state index contributed by atoms with van der Waals surface area (Å²) in [6, 6.07) is 17.0. The lowest BCUT2D eigenvalue weighted by molar-refractivity contribution is -0.129. The summed E-state index contributed by atoms with van der Waals surface area (Å²) in [6.45, 7) is 2.39. The van der Waals surface area contributed by atoms with Crippen LogP contribution in [0.1, 0.15) is 12.5 Å². The van der Waals surface area contributed by atoms with E-state index in [0.29, 0.717) is 22.7 Å². The summed E-state index contributed by atoms with van der Waals surface area (Å²) in [5.41, 5.74) is 1.87. The highest BCUT2D eigenvalue weighted by Gasteiger charge is 2.22. The van der Waals surface area contributed by atoms with Gasteiger partial charge in [0.15, 0.2) is 0 Å². The van der Waals surface area contributed by atoms with Crippen molar-refractivity contribution in [1.82, 2.24) is 15.1 Å². The van der Waals surface area contributed by atoms with E-state index >= 15 is 0 Å². The molecule has 0 aliphatic carbocycles. The van der Waals surface area contributed by atoms with Gasteiger partial charge in [-0.3, -0.25) is 4.79 Å². The zero-order valence-electron chi connectivity index (χ0n) is 14.4. The molecule has 1 heterocycles. The van der Waals surface area contributed by atoms with Gasteiger partial charge in [0.2, 0.25) is 11.8 Å². The van der Waals surface area contributed by atoms with Gasteiger partial charge in [-0.25, -0.2) is 0 Å². The predicted molar refractivity (Wildman–Crippen MR) is 103 cm³/mol. The summed E-state index contributed by atoms with van der Waals surface area (Å²) in [6.07, 6.45) is 0. The lowest BCUT2D eigenvalue weighted by atomic mass is 10.2. The summed E-state index contributed by atoms with van der Waals surface area (Å²) in [5.74, 6) is 0.409. The van der Waals surface area contributed by atoms with Crippen molar-refractivity contribution in [2.24, 2.45) is 0 Å². The summed E-state index contributed by atoms with van der Waals surface area (Å²) >= 11 is 7.13. The van der Waals surface area contributed by atoms with E-state index in [2.05, 4.69) is 10.2 Å². The Labute approximate surface area is 161 Å². The van der Waals surface area contributed by atoms with E-state index in [-0.39, 0.29) is 11.2 Å². The highest BCUT2D eigenvalue weighted by Crippen LogP contribution is 2.27. The molecule has 26 heavy (non-hydrogen) atoms. The van der Waals surface area contributed by atoms with Gasteiger partial charge in [0.25, 0.3) is 5.22 Å². The highest BCUT2D eigenvalue weighted by molar-refractivity contribution is 8.00. The first-order valence-corrected chi connectivity index (χ1v) is 9.33. The third-order valence-electron chi connectivity index (χ3n) is 3.76. The minimum Gasteiger partial charge on any atom is -0.411 e. The van der Waals surface area contributed by atoms with Gasteiger partial charge in [0, 0.05) is 24.2 Å². The first kappa shape index (κ1) is 18.5. The summed E-state index contributed by atoms with van der Waals surface area (Å²) in [4.78, 5) is 14.3. The molecule has 0 bridgehead atoms. The Balaban J connectivity index is 1.61. The summed E-state index contributed by atoms with van der Waals surface area (Å²) in [7, 11) is 1.79. The van der Waals surface area contributed by atoms with Gasteiger partial charge in [0.1, 0.15) is 0 Å². The van der Waals surface area contributed by atoms with Crippen LogP contribution in [0.5, 0.6) is 0 Å². The number of hydrogen-bond acceptors (Lipinski definition) is 5. The molecular weight excluding hydrogens is 370 g/mol. The Morgan fingerprint density at radius 2 is 1.85 bits per heavy atom. The second-order valence-electron chi connectivity index (χ2n) is 5.82. The maximum absolute atomic E-state index is 12.6. The van der Waals surface area contributed by atoms with Crippen molar-refractivity contribution in [1.29, 1.82) is 0 Å².